The number of aliphatic hydroxyl groups excluding tert-OH is 1. The smallest absolute Gasteiger partial charge is 0.309 e. The molecule has 0 aromatic heterocycles. The van der Waals surface area contributed by atoms with Gasteiger partial charge in [-0.1, -0.05) is 6.07 Å². The Morgan fingerprint density at radius 3 is 2.37 bits per heavy atom. The van der Waals surface area contributed by atoms with Gasteiger partial charge in [-0.2, -0.15) is 0 Å². The number of benzene rings is 2. The number of hydrogen-bond acceptors (Lipinski definition) is 8. The van der Waals surface area contributed by atoms with E-state index in [0.717, 1.165) is 5.56 Å². The standard InChI is InChI=1S/C22H24O8/c1-25-18-7-12(8-19(26-2)21(18)27-3)6-14-15(10-28-22(14)24)20(23)13-4-5-16-17(9-13)30-11-29-16/h4-5,7-9,14-15,20,23H,6,10-11H2,1-3H3/t14-,15+,20-/m0/s1. The summed E-state index contributed by atoms with van der Waals surface area (Å²) in [6.07, 6.45) is -0.528. The molecule has 4 rings (SSSR count). The fourth-order valence-corrected chi connectivity index (χ4v) is 3.97. The van der Waals surface area contributed by atoms with Gasteiger partial charge < -0.3 is 33.5 Å². The lowest BCUT2D eigenvalue weighted by Crippen LogP contribution is -2.24. The summed E-state index contributed by atoms with van der Waals surface area (Å²) >= 11 is 0. The average Bonchev–Trinajstić information content (AvgIpc) is 3.38. The first-order valence-corrected chi connectivity index (χ1v) is 9.58. The number of methoxy groups -OCH3 is 3. The Morgan fingerprint density at radius 1 is 1.00 bits per heavy atom. The number of aliphatic hydroxyl groups is 1. The maximum absolute atomic E-state index is 12.5. The second kappa shape index (κ2) is 8.31. The molecule has 0 radical (unpaired) electrons. The molecule has 1 N–H and O–H groups in total. The van der Waals surface area contributed by atoms with Crippen molar-refractivity contribution in [2.75, 3.05) is 34.7 Å². The zero-order valence-corrected chi connectivity index (χ0v) is 17.0. The maximum Gasteiger partial charge on any atom is 0.309 e. The third-order valence-electron chi connectivity index (χ3n) is 5.56. The molecule has 8 heteroatoms. The fourth-order valence-electron chi connectivity index (χ4n) is 3.97. The van der Waals surface area contributed by atoms with Crippen molar-refractivity contribution in [1.82, 2.24) is 0 Å². The molecule has 3 atom stereocenters. The summed E-state index contributed by atoms with van der Waals surface area (Å²) in [5, 5.41) is 11.0. The van der Waals surface area contributed by atoms with Gasteiger partial charge in [0.05, 0.1) is 40.0 Å². The highest BCUT2D eigenvalue weighted by Crippen LogP contribution is 2.42. The highest BCUT2D eigenvalue weighted by Gasteiger charge is 2.42. The molecule has 30 heavy (non-hydrogen) atoms. The van der Waals surface area contributed by atoms with Crippen LogP contribution in [0.4, 0.5) is 0 Å². The van der Waals surface area contributed by atoms with Crippen LogP contribution in [0.1, 0.15) is 17.2 Å². The zero-order chi connectivity index (χ0) is 21.3. The molecule has 1 saturated heterocycles. The van der Waals surface area contributed by atoms with Crippen molar-refractivity contribution in [2.45, 2.75) is 12.5 Å². The molecule has 0 spiro atoms. The van der Waals surface area contributed by atoms with Crippen molar-refractivity contribution in [3.8, 4) is 28.7 Å². The number of fused-ring (bicyclic) bond motifs is 1. The molecular formula is C22H24O8. The third-order valence-corrected chi connectivity index (χ3v) is 5.56. The van der Waals surface area contributed by atoms with Crippen molar-refractivity contribution in [2.24, 2.45) is 11.8 Å². The Kier molecular flexibility index (Phi) is 5.59. The van der Waals surface area contributed by atoms with Gasteiger partial charge >= 0.3 is 5.97 Å². The Bertz CT molecular complexity index is 916. The van der Waals surface area contributed by atoms with E-state index in [1.54, 1.807) is 30.3 Å². The van der Waals surface area contributed by atoms with Crippen LogP contribution < -0.4 is 23.7 Å². The highest BCUT2D eigenvalue weighted by atomic mass is 16.7. The van der Waals surface area contributed by atoms with Crippen LogP contribution in [0.25, 0.3) is 0 Å². The lowest BCUT2D eigenvalue weighted by molar-refractivity contribution is -0.141. The molecular weight excluding hydrogens is 392 g/mol. The molecule has 1 fully saturated rings. The summed E-state index contributed by atoms with van der Waals surface area (Å²) in [6.45, 7) is 0.299. The first-order chi connectivity index (χ1) is 14.5. The van der Waals surface area contributed by atoms with Crippen LogP contribution in [0.5, 0.6) is 28.7 Å². The summed E-state index contributed by atoms with van der Waals surface area (Å²) in [6, 6.07) is 8.88. The Morgan fingerprint density at radius 2 is 1.70 bits per heavy atom. The van der Waals surface area contributed by atoms with Crippen molar-refractivity contribution in [3.05, 3.63) is 41.5 Å². The van der Waals surface area contributed by atoms with Crippen LogP contribution in [-0.4, -0.2) is 45.8 Å². The highest BCUT2D eigenvalue weighted by molar-refractivity contribution is 5.75. The lowest BCUT2D eigenvalue weighted by atomic mass is 9.83. The first-order valence-electron chi connectivity index (χ1n) is 9.58. The minimum atomic E-state index is -0.891. The third kappa shape index (κ3) is 3.59. The van der Waals surface area contributed by atoms with Crippen molar-refractivity contribution >= 4 is 5.97 Å². The molecule has 2 aromatic rings. The number of hydrogen-bond donors (Lipinski definition) is 1. The van der Waals surface area contributed by atoms with E-state index in [2.05, 4.69) is 0 Å². The summed E-state index contributed by atoms with van der Waals surface area (Å²) in [4.78, 5) is 12.5. The second-order valence-electron chi connectivity index (χ2n) is 7.20. The summed E-state index contributed by atoms with van der Waals surface area (Å²) in [7, 11) is 4.61. The molecule has 160 valence electrons. The van der Waals surface area contributed by atoms with Crippen LogP contribution in [0.2, 0.25) is 0 Å². The van der Waals surface area contributed by atoms with E-state index in [9.17, 15) is 9.90 Å². The van der Waals surface area contributed by atoms with Crippen LogP contribution in [0.3, 0.4) is 0 Å². The van der Waals surface area contributed by atoms with E-state index in [1.807, 2.05) is 0 Å². The van der Waals surface area contributed by atoms with Gasteiger partial charge in [0.2, 0.25) is 12.5 Å². The topological polar surface area (TPSA) is 92.7 Å². The molecule has 2 aromatic carbocycles. The number of rotatable bonds is 7. The summed E-state index contributed by atoms with van der Waals surface area (Å²) < 4.78 is 32.2. The largest absolute Gasteiger partial charge is 0.493 e. The van der Waals surface area contributed by atoms with Gasteiger partial charge in [0.25, 0.3) is 0 Å². The van der Waals surface area contributed by atoms with Gasteiger partial charge in [0.1, 0.15) is 0 Å². The predicted molar refractivity (Wildman–Crippen MR) is 105 cm³/mol. The Balaban J connectivity index is 1.59. The predicted octanol–water partition coefficient (Wildman–Crippen LogP) is 2.51. The molecule has 0 amide bonds. The van der Waals surface area contributed by atoms with Crippen LogP contribution in [0, 0.1) is 11.8 Å². The zero-order valence-electron chi connectivity index (χ0n) is 17.0. The van der Waals surface area contributed by atoms with Crippen LogP contribution in [0.15, 0.2) is 30.3 Å². The Hall–Kier alpha value is -3.13. The number of carbonyl (C=O) groups is 1. The van der Waals surface area contributed by atoms with Gasteiger partial charge in [-0.25, -0.2) is 0 Å². The monoisotopic (exact) mass is 416 g/mol. The van der Waals surface area contributed by atoms with Crippen LogP contribution in [-0.2, 0) is 16.0 Å². The van der Waals surface area contributed by atoms with E-state index in [4.69, 9.17) is 28.4 Å². The average molecular weight is 416 g/mol. The van der Waals surface area contributed by atoms with E-state index >= 15 is 0 Å². The number of carbonyl (C=O) groups excluding carboxylic acids is 1. The molecule has 8 nitrogen and oxygen atoms in total. The summed E-state index contributed by atoms with van der Waals surface area (Å²) in [5.74, 6) is 1.45. The first kappa shape index (κ1) is 20.2. The number of cyclic esters (lactones) is 1. The van der Waals surface area contributed by atoms with Crippen molar-refractivity contribution < 1.29 is 38.3 Å². The molecule has 0 bridgehead atoms. The van der Waals surface area contributed by atoms with E-state index in [-0.39, 0.29) is 19.4 Å². The molecule has 2 aliphatic rings. The van der Waals surface area contributed by atoms with E-state index in [1.165, 1.54) is 21.3 Å². The maximum atomic E-state index is 12.5. The quantitative estimate of drug-likeness (QED) is 0.689. The van der Waals surface area contributed by atoms with Gasteiger partial charge in [-0.05, 0) is 41.8 Å². The normalized spacial score (nSPS) is 20.6. The molecule has 0 aliphatic carbocycles. The SMILES string of the molecule is COc1cc(C[C@@H]2C(=O)OC[C@H]2[C@@H](O)c2ccc3c(c2)OCO3)cc(OC)c1OC. The van der Waals surface area contributed by atoms with E-state index in [0.29, 0.717) is 40.7 Å². The molecule has 2 heterocycles. The minimum absolute atomic E-state index is 0.142. The van der Waals surface area contributed by atoms with Crippen molar-refractivity contribution in [3.63, 3.8) is 0 Å². The van der Waals surface area contributed by atoms with Gasteiger partial charge in [0.15, 0.2) is 23.0 Å². The van der Waals surface area contributed by atoms with E-state index < -0.39 is 17.9 Å². The molecule has 0 unspecified atom stereocenters. The van der Waals surface area contributed by atoms with Crippen LogP contribution >= 0.6 is 0 Å². The number of ether oxygens (including phenoxy) is 6. The fraction of sp³-hybridized carbons (Fsp3) is 0.409. The van der Waals surface area contributed by atoms with Crippen molar-refractivity contribution in [1.29, 1.82) is 0 Å². The summed E-state index contributed by atoms with van der Waals surface area (Å²) in [5.41, 5.74) is 1.47. The van der Waals surface area contributed by atoms with Gasteiger partial charge in [-0.3, -0.25) is 4.79 Å². The molecule has 2 aliphatic heterocycles. The molecule has 0 saturated carbocycles. The van der Waals surface area contributed by atoms with Gasteiger partial charge in [0, 0.05) is 5.92 Å². The number of esters is 1. The minimum Gasteiger partial charge on any atom is -0.493 e. The van der Waals surface area contributed by atoms with Gasteiger partial charge in [-0.15, -0.1) is 0 Å². The second-order valence-corrected chi connectivity index (χ2v) is 7.20. The Labute approximate surface area is 174 Å². The lowest BCUT2D eigenvalue weighted by Gasteiger charge is -2.22.